The van der Waals surface area contributed by atoms with Gasteiger partial charge in [0.15, 0.2) is 0 Å². The lowest BCUT2D eigenvalue weighted by Crippen LogP contribution is -2.48. The Hall–Kier alpha value is -2.24. The monoisotopic (exact) mass is 336 g/mol. The molecule has 0 heterocycles. The summed E-state index contributed by atoms with van der Waals surface area (Å²) in [6.45, 7) is 9.80. The van der Waals surface area contributed by atoms with Crippen LogP contribution in [0.1, 0.15) is 40.2 Å². The predicted octanol–water partition coefficient (Wildman–Crippen LogP) is 3.46. The normalized spacial score (nSPS) is 12.4. The maximum Gasteiger partial charge on any atom is 0.407 e. The topological polar surface area (TPSA) is 76.7 Å². The molecule has 0 bridgehead atoms. The van der Waals surface area contributed by atoms with Gasteiger partial charge in [-0.25, -0.2) is 9.59 Å². The zero-order chi connectivity index (χ0) is 18.2. The van der Waals surface area contributed by atoms with Crippen LogP contribution in [0.15, 0.2) is 30.3 Å². The molecule has 0 aliphatic heterocycles. The summed E-state index contributed by atoms with van der Waals surface area (Å²) in [7, 11) is 0. The second-order valence-electron chi connectivity index (χ2n) is 6.94. The van der Waals surface area contributed by atoms with Gasteiger partial charge in [-0.15, -0.1) is 0 Å². The zero-order valence-electron chi connectivity index (χ0n) is 15.1. The van der Waals surface area contributed by atoms with Crippen LogP contribution in [0.3, 0.4) is 0 Å². The Kier molecular flexibility index (Phi) is 7.55. The maximum atomic E-state index is 11.9. The molecule has 2 amide bonds. The Bertz CT molecular complexity index is 524. The number of rotatable bonds is 6. The van der Waals surface area contributed by atoms with E-state index in [1.165, 1.54) is 0 Å². The first-order chi connectivity index (χ1) is 11.2. The van der Waals surface area contributed by atoms with Crippen molar-refractivity contribution in [2.45, 2.75) is 52.9 Å². The predicted molar refractivity (Wildman–Crippen MR) is 92.6 cm³/mol. The van der Waals surface area contributed by atoms with E-state index in [4.69, 9.17) is 9.47 Å². The number of carbonyl (C=O) groups excluding carboxylic acids is 2. The van der Waals surface area contributed by atoms with Crippen LogP contribution in [0.4, 0.5) is 9.59 Å². The summed E-state index contributed by atoms with van der Waals surface area (Å²) >= 11 is 0. The van der Waals surface area contributed by atoms with Gasteiger partial charge in [-0.3, -0.25) is 0 Å². The van der Waals surface area contributed by atoms with Crippen LogP contribution in [0.2, 0.25) is 0 Å². The molecule has 6 nitrogen and oxygen atoms in total. The summed E-state index contributed by atoms with van der Waals surface area (Å²) in [5.74, 6) is 0.131. The molecule has 0 saturated heterocycles. The van der Waals surface area contributed by atoms with Crippen LogP contribution in [0, 0.1) is 5.92 Å². The largest absolute Gasteiger partial charge is 0.445 e. The highest BCUT2D eigenvalue weighted by Crippen LogP contribution is 2.08. The number of carbonyl (C=O) groups is 2. The van der Waals surface area contributed by atoms with E-state index in [2.05, 4.69) is 10.6 Å². The number of nitrogens with one attached hydrogen (secondary N) is 2. The van der Waals surface area contributed by atoms with Gasteiger partial charge in [0.05, 0.1) is 6.04 Å². The van der Waals surface area contributed by atoms with Crippen molar-refractivity contribution in [3.05, 3.63) is 35.9 Å². The fourth-order valence-electron chi connectivity index (χ4n) is 1.88. The molecule has 134 valence electrons. The molecule has 6 heteroatoms. The lowest BCUT2D eigenvalue weighted by molar-refractivity contribution is 0.0488. The minimum absolute atomic E-state index is 0.131. The number of ether oxygens (including phenoxy) is 2. The molecule has 1 aromatic rings. The number of amides is 2. The lowest BCUT2D eigenvalue weighted by Gasteiger charge is -2.25. The van der Waals surface area contributed by atoms with Crippen molar-refractivity contribution in [1.82, 2.24) is 10.6 Å². The van der Waals surface area contributed by atoms with Crippen LogP contribution in [-0.4, -0.2) is 30.4 Å². The van der Waals surface area contributed by atoms with Crippen molar-refractivity contribution < 1.29 is 19.1 Å². The lowest BCUT2D eigenvalue weighted by atomic mass is 10.1. The van der Waals surface area contributed by atoms with Crippen molar-refractivity contribution >= 4 is 12.2 Å². The van der Waals surface area contributed by atoms with Crippen molar-refractivity contribution in [3.8, 4) is 0 Å². The first-order valence-electron chi connectivity index (χ1n) is 8.11. The summed E-state index contributed by atoms with van der Waals surface area (Å²) < 4.78 is 10.4. The van der Waals surface area contributed by atoms with E-state index in [9.17, 15) is 9.59 Å². The third kappa shape index (κ3) is 8.41. The molecule has 1 atom stereocenters. The SMILES string of the molecule is CC(C)[C@@H](CNC(=O)OCc1ccccc1)NC(=O)OC(C)(C)C. The maximum absolute atomic E-state index is 11.9. The molecule has 0 radical (unpaired) electrons. The van der Waals surface area contributed by atoms with Gasteiger partial charge in [0.25, 0.3) is 0 Å². The van der Waals surface area contributed by atoms with E-state index >= 15 is 0 Å². The van der Waals surface area contributed by atoms with Gasteiger partial charge in [0.2, 0.25) is 0 Å². The van der Waals surface area contributed by atoms with Crippen molar-refractivity contribution in [3.63, 3.8) is 0 Å². The summed E-state index contributed by atoms with van der Waals surface area (Å²) in [6, 6.07) is 9.19. The number of hydrogen-bond donors (Lipinski definition) is 2. The number of benzene rings is 1. The van der Waals surface area contributed by atoms with Crippen LogP contribution in [0.25, 0.3) is 0 Å². The summed E-state index contributed by atoms with van der Waals surface area (Å²) in [6.07, 6.45) is -1.02. The number of alkyl carbamates (subject to hydrolysis) is 2. The Morgan fingerprint density at radius 2 is 1.71 bits per heavy atom. The van der Waals surface area contributed by atoms with Gasteiger partial charge in [0.1, 0.15) is 12.2 Å². The molecular formula is C18H28N2O4. The summed E-state index contributed by atoms with van der Waals surface area (Å²) in [4.78, 5) is 23.6. The molecule has 0 aliphatic rings. The van der Waals surface area contributed by atoms with Crippen molar-refractivity contribution in [2.75, 3.05) is 6.54 Å². The molecule has 2 N–H and O–H groups in total. The first kappa shape index (κ1) is 19.8. The van der Waals surface area contributed by atoms with Crippen molar-refractivity contribution in [1.29, 1.82) is 0 Å². The third-order valence-electron chi connectivity index (χ3n) is 3.19. The van der Waals surface area contributed by atoms with Gasteiger partial charge in [0, 0.05) is 6.54 Å². The van der Waals surface area contributed by atoms with Gasteiger partial charge in [-0.05, 0) is 32.3 Å². The standard InChI is InChI=1S/C18H28N2O4/c1-13(2)15(20-17(22)24-18(3,4)5)11-19-16(21)23-12-14-9-7-6-8-10-14/h6-10,13,15H,11-12H2,1-5H3,(H,19,21)(H,20,22)/t15-/m1/s1. The summed E-state index contributed by atoms with van der Waals surface area (Å²) in [5, 5.41) is 5.44. The van der Waals surface area contributed by atoms with E-state index in [1.54, 1.807) is 20.8 Å². The van der Waals surface area contributed by atoms with Gasteiger partial charge in [-0.1, -0.05) is 44.2 Å². The van der Waals surface area contributed by atoms with Gasteiger partial charge in [-0.2, -0.15) is 0 Å². The smallest absolute Gasteiger partial charge is 0.407 e. The van der Waals surface area contributed by atoms with E-state index < -0.39 is 17.8 Å². The Morgan fingerprint density at radius 3 is 2.25 bits per heavy atom. The van der Waals surface area contributed by atoms with Crippen molar-refractivity contribution in [2.24, 2.45) is 5.92 Å². The average molecular weight is 336 g/mol. The fourth-order valence-corrected chi connectivity index (χ4v) is 1.88. The zero-order valence-corrected chi connectivity index (χ0v) is 15.1. The molecule has 0 spiro atoms. The van der Waals surface area contributed by atoms with E-state index in [0.717, 1.165) is 5.56 Å². The highest BCUT2D eigenvalue weighted by atomic mass is 16.6. The van der Waals surface area contributed by atoms with Crippen LogP contribution >= 0.6 is 0 Å². The van der Waals surface area contributed by atoms with E-state index in [1.807, 2.05) is 44.2 Å². The molecule has 0 saturated carbocycles. The molecule has 0 aromatic heterocycles. The molecule has 0 aliphatic carbocycles. The Labute approximate surface area is 143 Å². The van der Waals surface area contributed by atoms with Crippen LogP contribution < -0.4 is 10.6 Å². The highest BCUT2D eigenvalue weighted by molar-refractivity contribution is 5.69. The molecule has 1 rings (SSSR count). The van der Waals surface area contributed by atoms with Gasteiger partial charge < -0.3 is 20.1 Å². The van der Waals surface area contributed by atoms with Gasteiger partial charge >= 0.3 is 12.2 Å². The molecule has 0 fully saturated rings. The van der Waals surface area contributed by atoms with Crippen LogP contribution in [-0.2, 0) is 16.1 Å². The van der Waals surface area contributed by atoms with E-state index in [0.29, 0.717) is 0 Å². The second-order valence-corrected chi connectivity index (χ2v) is 6.94. The highest BCUT2D eigenvalue weighted by Gasteiger charge is 2.22. The fraction of sp³-hybridized carbons (Fsp3) is 0.556. The minimum atomic E-state index is -0.562. The first-order valence-corrected chi connectivity index (χ1v) is 8.11. The molecule has 0 unspecified atom stereocenters. The Morgan fingerprint density at radius 1 is 1.08 bits per heavy atom. The average Bonchev–Trinajstić information content (AvgIpc) is 2.48. The third-order valence-corrected chi connectivity index (χ3v) is 3.19. The molecular weight excluding hydrogens is 308 g/mol. The second kappa shape index (κ2) is 9.15. The Balaban J connectivity index is 2.39. The number of hydrogen-bond acceptors (Lipinski definition) is 4. The van der Waals surface area contributed by atoms with E-state index in [-0.39, 0.29) is 25.1 Å². The molecule has 1 aromatic carbocycles. The summed E-state index contributed by atoms with van der Waals surface area (Å²) in [5.41, 5.74) is 0.355. The minimum Gasteiger partial charge on any atom is -0.445 e. The molecule has 24 heavy (non-hydrogen) atoms. The van der Waals surface area contributed by atoms with Crippen LogP contribution in [0.5, 0.6) is 0 Å². The quantitative estimate of drug-likeness (QED) is 0.834.